The summed E-state index contributed by atoms with van der Waals surface area (Å²) in [6.45, 7) is 8.91. The van der Waals surface area contributed by atoms with Crippen LogP contribution in [0.25, 0.3) is 43.8 Å². The molecule has 6 rings (SSSR count). The van der Waals surface area contributed by atoms with E-state index in [4.69, 9.17) is 0 Å². The second-order valence-corrected chi connectivity index (χ2v) is 18.8. The Morgan fingerprint density at radius 1 is 0.579 bits per heavy atom. The Bertz CT molecular complexity index is 1460. The van der Waals surface area contributed by atoms with E-state index < -0.39 is 0 Å². The second-order valence-electron chi connectivity index (χ2n) is 9.41. The van der Waals surface area contributed by atoms with Crippen molar-refractivity contribution in [3.8, 4) is 22.3 Å². The Labute approximate surface area is 248 Å². The topological polar surface area (TPSA) is 0 Å². The quantitative estimate of drug-likeness (QED) is 0.135. The van der Waals surface area contributed by atoms with Crippen LogP contribution in [0.2, 0.25) is 13.1 Å². The van der Waals surface area contributed by atoms with Crippen LogP contribution in [0.5, 0.6) is 0 Å². The fraction of sp³-hybridized carbons (Fsp3) is 0.114. The first-order chi connectivity index (χ1) is 18.4. The van der Waals surface area contributed by atoms with Crippen molar-refractivity contribution in [3.63, 3.8) is 0 Å². The zero-order valence-corrected chi connectivity index (χ0v) is 26.8. The van der Waals surface area contributed by atoms with Crippen molar-refractivity contribution in [1.82, 2.24) is 0 Å². The van der Waals surface area contributed by atoms with E-state index in [0.717, 1.165) is 0 Å². The molecule has 0 amide bonds. The summed E-state index contributed by atoms with van der Waals surface area (Å²) in [4.78, 5) is 0. The average Bonchev–Trinajstić information content (AvgIpc) is 3.51. The zero-order valence-electron chi connectivity index (χ0n) is 22.6. The summed E-state index contributed by atoms with van der Waals surface area (Å²) in [7, 11) is 0. The van der Waals surface area contributed by atoms with E-state index >= 15 is 0 Å². The Balaban J connectivity index is 0.000000175. The van der Waals surface area contributed by atoms with Gasteiger partial charge in [0, 0.05) is 0 Å². The summed E-state index contributed by atoms with van der Waals surface area (Å²) >= 11 is 6.13. The van der Waals surface area contributed by atoms with Crippen molar-refractivity contribution in [2.75, 3.05) is 0 Å². The van der Waals surface area contributed by atoms with Gasteiger partial charge in [0.1, 0.15) is 0 Å². The van der Waals surface area contributed by atoms with E-state index in [9.17, 15) is 0 Å². The molecule has 0 unspecified atom stereocenters. The van der Waals surface area contributed by atoms with Crippen LogP contribution in [0.15, 0.2) is 121 Å². The molecular weight excluding hydrogens is 575 g/mol. The monoisotopic (exact) mass is 607 g/mol. The summed E-state index contributed by atoms with van der Waals surface area (Å²) in [6.07, 6.45) is 2.72. The van der Waals surface area contributed by atoms with Crippen LogP contribution >= 0.6 is 11.6 Å². The average molecular weight is 609 g/mol. The van der Waals surface area contributed by atoms with Gasteiger partial charge >= 0.3 is 41.9 Å². The van der Waals surface area contributed by atoms with E-state index in [-0.39, 0.29) is 5.43 Å². The minimum Gasteiger partial charge on any atom is -0.352 e. The number of hydrogen-bond donors (Lipinski definition) is 0. The molecule has 3 heteroatoms. The van der Waals surface area contributed by atoms with Crippen molar-refractivity contribution < 1.29 is 23.3 Å². The molecule has 0 heterocycles. The van der Waals surface area contributed by atoms with Gasteiger partial charge in [-0.05, 0) is 11.1 Å². The molecule has 0 aromatic heterocycles. The SMILES string of the molecule is C[Si](C)=[Zr].Cc1cc2c(-c3ccccc3)cccc2[cH-]1.Cc1cc2c(-c3ccccc3)cccc2[cH-]1.[CH2-]Cl. The van der Waals surface area contributed by atoms with E-state index in [1.807, 2.05) is 0 Å². The fourth-order valence-electron chi connectivity index (χ4n) is 4.51. The molecule has 0 saturated heterocycles. The second kappa shape index (κ2) is 15.2. The zero-order chi connectivity index (χ0) is 27.5. The molecule has 6 aromatic carbocycles. The number of benzene rings is 4. The molecule has 0 radical (unpaired) electrons. The first-order valence-corrected chi connectivity index (χ1v) is 19.4. The third-order valence-corrected chi connectivity index (χ3v) is 5.96. The number of rotatable bonds is 2. The van der Waals surface area contributed by atoms with Crippen molar-refractivity contribution >= 4 is 38.6 Å². The summed E-state index contributed by atoms with van der Waals surface area (Å²) in [6, 6.07) is 43.1. The third-order valence-electron chi connectivity index (χ3n) is 5.96. The minimum atomic E-state index is 0.210. The van der Waals surface area contributed by atoms with Gasteiger partial charge in [-0.3, -0.25) is 6.38 Å². The van der Waals surface area contributed by atoms with Crippen LogP contribution in [0.1, 0.15) is 11.1 Å². The van der Waals surface area contributed by atoms with Gasteiger partial charge in [-0.25, -0.2) is 0 Å². The summed E-state index contributed by atoms with van der Waals surface area (Å²) in [5.74, 6) is 0. The summed E-state index contributed by atoms with van der Waals surface area (Å²) in [5.41, 5.74) is 8.11. The normalized spacial score (nSPS) is 9.92. The molecule has 0 fully saturated rings. The van der Waals surface area contributed by atoms with Gasteiger partial charge in [0.05, 0.1) is 0 Å². The molecule has 0 atom stereocenters. The van der Waals surface area contributed by atoms with E-state index in [0.29, 0.717) is 0 Å². The molecule has 6 aromatic rings. The molecule has 38 heavy (non-hydrogen) atoms. The fourth-order valence-corrected chi connectivity index (χ4v) is 4.51. The van der Waals surface area contributed by atoms with Gasteiger partial charge in [0.2, 0.25) is 0 Å². The van der Waals surface area contributed by atoms with Crippen molar-refractivity contribution in [3.05, 3.63) is 139 Å². The minimum absolute atomic E-state index is 0.210. The first kappa shape index (κ1) is 30.0. The Morgan fingerprint density at radius 3 is 1.26 bits per heavy atom. The molecule has 0 nitrogen and oxygen atoms in total. The number of fused-ring (bicyclic) bond motifs is 2. The largest absolute Gasteiger partial charge is 0.352 e. The van der Waals surface area contributed by atoms with Crippen LogP contribution in [0.4, 0.5) is 0 Å². The van der Waals surface area contributed by atoms with Gasteiger partial charge in [0.15, 0.2) is 0 Å². The molecule has 0 aliphatic carbocycles. The van der Waals surface area contributed by atoms with Gasteiger partial charge in [-0.1, -0.05) is 97.8 Å². The van der Waals surface area contributed by atoms with Crippen molar-refractivity contribution in [2.24, 2.45) is 0 Å². The van der Waals surface area contributed by atoms with Gasteiger partial charge in [-0.2, -0.15) is 12.1 Å². The molecule has 0 aliphatic heterocycles. The van der Waals surface area contributed by atoms with Crippen molar-refractivity contribution in [1.29, 1.82) is 0 Å². The third kappa shape index (κ3) is 8.24. The van der Waals surface area contributed by atoms with Gasteiger partial charge in [-0.15, -0.1) is 69.1 Å². The standard InChI is InChI=1S/2C16H13.C2H6Si.CH2Cl.Zr/c2*1-12-10-14-8-5-9-15(16(14)11-12)13-6-3-2-4-7-13;1-3-2;1-2;/h2*2-11H,1H3;1-2H3;1H2;/q2*-1;;-1;. The molecule has 0 bridgehead atoms. The predicted molar refractivity (Wildman–Crippen MR) is 168 cm³/mol. The van der Waals surface area contributed by atoms with Crippen molar-refractivity contribution in [2.45, 2.75) is 26.9 Å². The Kier molecular flexibility index (Phi) is 12.0. The van der Waals surface area contributed by atoms with E-state index in [1.54, 1.807) is 23.3 Å². The number of aryl methyl sites for hydroxylation is 2. The smallest absolute Gasteiger partial charge is 0.0279 e. The van der Waals surface area contributed by atoms with E-state index in [2.05, 4.69) is 166 Å². The number of halogens is 1. The number of hydrogen-bond acceptors (Lipinski definition) is 0. The summed E-state index contributed by atoms with van der Waals surface area (Å²) < 4.78 is 0. The van der Waals surface area contributed by atoms with Crippen LogP contribution in [0.3, 0.4) is 0 Å². The van der Waals surface area contributed by atoms with E-state index in [1.165, 1.54) is 54.9 Å². The van der Waals surface area contributed by atoms with Gasteiger partial charge in [0.25, 0.3) is 0 Å². The van der Waals surface area contributed by atoms with Crippen LogP contribution in [-0.2, 0) is 23.3 Å². The van der Waals surface area contributed by atoms with Gasteiger partial charge < -0.3 is 11.6 Å². The predicted octanol–water partition coefficient (Wildman–Crippen LogP) is 10.9. The Hall–Kier alpha value is -2.51. The van der Waals surface area contributed by atoms with Crippen LogP contribution in [-0.4, -0.2) is 5.43 Å². The maximum atomic E-state index is 4.39. The maximum Gasteiger partial charge on any atom is -0.0279 e. The molecular formula is C35H34ClSiZr-3. The molecule has 0 aliphatic rings. The molecule has 192 valence electrons. The molecule has 0 N–H and O–H groups in total. The maximum absolute atomic E-state index is 4.39. The summed E-state index contributed by atoms with van der Waals surface area (Å²) in [5, 5.41) is 5.37. The molecule has 0 saturated carbocycles. The Morgan fingerprint density at radius 2 is 0.921 bits per heavy atom. The van der Waals surface area contributed by atoms with Crippen LogP contribution in [0, 0.1) is 20.2 Å². The molecule has 0 spiro atoms. The first-order valence-electron chi connectivity index (χ1n) is 12.6. The van der Waals surface area contributed by atoms with Crippen LogP contribution < -0.4 is 0 Å².